The Kier molecular flexibility index (Phi) is 8.11. The summed E-state index contributed by atoms with van der Waals surface area (Å²) < 4.78 is 25.8. The van der Waals surface area contributed by atoms with Crippen molar-refractivity contribution >= 4 is 50.7 Å². The van der Waals surface area contributed by atoms with E-state index in [1.165, 1.54) is 24.1 Å². The number of hydrogen-bond acceptors (Lipinski definition) is 4. The van der Waals surface area contributed by atoms with Crippen LogP contribution in [0.1, 0.15) is 12.5 Å². The van der Waals surface area contributed by atoms with Crippen molar-refractivity contribution in [2.24, 2.45) is 0 Å². The third kappa shape index (κ3) is 5.87. The molecule has 2 rings (SSSR count). The van der Waals surface area contributed by atoms with Gasteiger partial charge in [0, 0.05) is 13.6 Å². The summed E-state index contributed by atoms with van der Waals surface area (Å²) in [4.78, 5) is 26.7. The molecule has 0 aliphatic rings. The van der Waals surface area contributed by atoms with Gasteiger partial charge < -0.3 is 10.2 Å². The minimum atomic E-state index is -3.87. The summed E-state index contributed by atoms with van der Waals surface area (Å²) in [6.07, 6.45) is 0.973. The molecule has 0 radical (unpaired) electrons. The molecule has 0 bridgehead atoms. The lowest BCUT2D eigenvalue weighted by Gasteiger charge is -2.31. The lowest BCUT2D eigenvalue weighted by Crippen LogP contribution is -2.50. The molecule has 2 aromatic rings. The fourth-order valence-corrected chi connectivity index (χ4v) is 4.15. The van der Waals surface area contributed by atoms with E-state index < -0.39 is 28.5 Å². The number of nitrogens with one attached hydrogen (secondary N) is 1. The van der Waals surface area contributed by atoms with Gasteiger partial charge in [0.05, 0.1) is 22.0 Å². The smallest absolute Gasteiger partial charge is 0.244 e. The maximum absolute atomic E-state index is 13.2. The first-order valence-corrected chi connectivity index (χ1v) is 11.6. The lowest BCUT2D eigenvalue weighted by molar-refractivity contribution is -0.139. The number of amides is 2. The highest BCUT2D eigenvalue weighted by Crippen LogP contribution is 2.33. The van der Waals surface area contributed by atoms with Gasteiger partial charge in [-0.05, 0) is 24.6 Å². The van der Waals surface area contributed by atoms with Crippen LogP contribution in [-0.2, 0) is 26.2 Å². The maximum Gasteiger partial charge on any atom is 0.244 e. The van der Waals surface area contributed by atoms with Crippen molar-refractivity contribution < 1.29 is 18.0 Å². The van der Waals surface area contributed by atoms with E-state index in [1.807, 2.05) is 30.3 Å². The standard InChI is InChI=1S/C20H23Cl2N3O4S/c1-14(20(27)23-2)24(12-15-8-5-4-6-9-15)18(26)13-25(30(3,28)29)17-11-7-10-16(21)19(17)22/h4-11,14H,12-13H2,1-3H3,(H,23,27)/t14-/m0/s1. The van der Waals surface area contributed by atoms with Crippen LogP contribution in [0.25, 0.3) is 0 Å². The Bertz CT molecular complexity index is 1020. The van der Waals surface area contributed by atoms with Crippen molar-refractivity contribution in [1.29, 1.82) is 0 Å². The third-order valence-electron chi connectivity index (χ3n) is 4.49. The Balaban J connectivity index is 2.41. The number of carbonyl (C=O) groups excluding carboxylic acids is 2. The predicted octanol–water partition coefficient (Wildman–Crippen LogP) is 2.92. The first-order chi connectivity index (χ1) is 14.1. The number of likely N-dealkylation sites (N-methyl/N-ethyl adjacent to an activating group) is 1. The number of nitrogens with zero attached hydrogens (tertiary/aromatic N) is 2. The molecule has 0 aliphatic carbocycles. The molecule has 10 heteroatoms. The maximum atomic E-state index is 13.2. The molecule has 1 atom stereocenters. The molecule has 0 saturated heterocycles. The molecule has 0 saturated carbocycles. The van der Waals surface area contributed by atoms with Gasteiger partial charge in [-0.15, -0.1) is 0 Å². The number of anilines is 1. The molecule has 1 N–H and O–H groups in total. The van der Waals surface area contributed by atoms with E-state index in [0.29, 0.717) is 0 Å². The second kappa shape index (κ2) is 10.1. The molecule has 7 nitrogen and oxygen atoms in total. The zero-order chi connectivity index (χ0) is 22.5. The summed E-state index contributed by atoms with van der Waals surface area (Å²) in [7, 11) is -2.40. The fourth-order valence-electron chi connectivity index (χ4n) is 2.85. The second-order valence-electron chi connectivity index (χ2n) is 6.64. The quantitative estimate of drug-likeness (QED) is 0.640. The van der Waals surface area contributed by atoms with Crippen LogP contribution in [0.3, 0.4) is 0 Å². The topological polar surface area (TPSA) is 86.8 Å². The molecule has 0 heterocycles. The van der Waals surface area contributed by atoms with Gasteiger partial charge in [-0.3, -0.25) is 13.9 Å². The van der Waals surface area contributed by atoms with Crippen molar-refractivity contribution in [3.05, 3.63) is 64.1 Å². The monoisotopic (exact) mass is 471 g/mol. The van der Waals surface area contributed by atoms with Gasteiger partial charge in [-0.1, -0.05) is 59.6 Å². The van der Waals surface area contributed by atoms with Gasteiger partial charge in [0.25, 0.3) is 0 Å². The van der Waals surface area contributed by atoms with Gasteiger partial charge in [0.15, 0.2) is 0 Å². The van der Waals surface area contributed by atoms with Crippen LogP contribution in [0.2, 0.25) is 10.0 Å². The Morgan fingerprint density at radius 1 is 1.07 bits per heavy atom. The first kappa shape index (κ1) is 24.0. The zero-order valence-corrected chi connectivity index (χ0v) is 19.1. The Labute approximate surface area is 186 Å². The molecular weight excluding hydrogens is 449 g/mol. The van der Waals surface area contributed by atoms with Crippen LogP contribution in [0.5, 0.6) is 0 Å². The third-order valence-corrected chi connectivity index (χ3v) is 6.42. The van der Waals surface area contributed by atoms with Gasteiger partial charge in [0.1, 0.15) is 12.6 Å². The van der Waals surface area contributed by atoms with Crippen LogP contribution >= 0.6 is 23.2 Å². The van der Waals surface area contributed by atoms with Crippen LogP contribution in [0.15, 0.2) is 48.5 Å². The van der Waals surface area contributed by atoms with Crippen molar-refractivity contribution in [2.45, 2.75) is 19.5 Å². The van der Waals surface area contributed by atoms with Gasteiger partial charge in [0.2, 0.25) is 21.8 Å². The molecule has 0 spiro atoms. The lowest BCUT2D eigenvalue weighted by atomic mass is 10.1. The molecule has 2 amide bonds. The number of halogens is 2. The van der Waals surface area contributed by atoms with Gasteiger partial charge in [-0.25, -0.2) is 8.42 Å². The Hall–Kier alpha value is -2.29. The minimum absolute atomic E-state index is 0.0198. The average molecular weight is 472 g/mol. The number of hydrogen-bond donors (Lipinski definition) is 1. The summed E-state index contributed by atoms with van der Waals surface area (Å²) in [5.74, 6) is -0.928. The average Bonchev–Trinajstić information content (AvgIpc) is 2.71. The Morgan fingerprint density at radius 2 is 1.70 bits per heavy atom. The van der Waals surface area contributed by atoms with E-state index in [0.717, 1.165) is 16.1 Å². The van der Waals surface area contributed by atoms with E-state index in [4.69, 9.17) is 23.2 Å². The number of sulfonamides is 1. The SMILES string of the molecule is CNC(=O)[C@H](C)N(Cc1ccccc1)C(=O)CN(c1cccc(Cl)c1Cl)S(C)(=O)=O. The zero-order valence-electron chi connectivity index (χ0n) is 16.8. The van der Waals surface area contributed by atoms with Gasteiger partial charge in [-0.2, -0.15) is 0 Å². The van der Waals surface area contributed by atoms with E-state index >= 15 is 0 Å². The van der Waals surface area contributed by atoms with Crippen molar-refractivity contribution in [2.75, 3.05) is 24.2 Å². The van der Waals surface area contributed by atoms with Crippen LogP contribution in [0.4, 0.5) is 5.69 Å². The molecule has 0 unspecified atom stereocenters. The minimum Gasteiger partial charge on any atom is -0.357 e. The van der Waals surface area contributed by atoms with Crippen LogP contribution in [0, 0.1) is 0 Å². The second-order valence-corrected chi connectivity index (χ2v) is 9.33. The highest BCUT2D eigenvalue weighted by Gasteiger charge is 2.30. The number of rotatable bonds is 8. The molecular formula is C20H23Cl2N3O4S. The number of benzene rings is 2. The largest absolute Gasteiger partial charge is 0.357 e. The van der Waals surface area contributed by atoms with Gasteiger partial charge >= 0.3 is 0 Å². The normalized spacial score (nSPS) is 12.2. The highest BCUT2D eigenvalue weighted by molar-refractivity contribution is 7.92. The van der Waals surface area contributed by atoms with Crippen molar-refractivity contribution in [1.82, 2.24) is 10.2 Å². The highest BCUT2D eigenvalue weighted by atomic mass is 35.5. The summed E-state index contributed by atoms with van der Waals surface area (Å²) in [6, 6.07) is 12.8. The molecule has 0 fully saturated rings. The van der Waals surface area contributed by atoms with Crippen LogP contribution in [-0.4, -0.2) is 51.0 Å². The molecule has 2 aromatic carbocycles. The summed E-state index contributed by atoms with van der Waals surface area (Å²) in [6.45, 7) is 1.18. The molecule has 162 valence electrons. The fraction of sp³-hybridized carbons (Fsp3) is 0.300. The molecule has 30 heavy (non-hydrogen) atoms. The predicted molar refractivity (Wildman–Crippen MR) is 119 cm³/mol. The van der Waals surface area contributed by atoms with Crippen LogP contribution < -0.4 is 9.62 Å². The first-order valence-electron chi connectivity index (χ1n) is 9.03. The summed E-state index contributed by atoms with van der Waals surface area (Å²) >= 11 is 12.2. The molecule has 0 aromatic heterocycles. The van der Waals surface area contributed by atoms with E-state index in [1.54, 1.807) is 13.0 Å². The van der Waals surface area contributed by atoms with Crippen molar-refractivity contribution in [3.8, 4) is 0 Å². The van der Waals surface area contributed by atoms with E-state index in [9.17, 15) is 18.0 Å². The van der Waals surface area contributed by atoms with E-state index in [-0.39, 0.29) is 28.2 Å². The Morgan fingerprint density at radius 3 is 2.27 bits per heavy atom. The van der Waals surface area contributed by atoms with Crippen molar-refractivity contribution in [3.63, 3.8) is 0 Å². The number of carbonyl (C=O) groups is 2. The summed E-state index contributed by atoms with van der Waals surface area (Å²) in [5, 5.41) is 2.70. The van der Waals surface area contributed by atoms with E-state index in [2.05, 4.69) is 5.32 Å². The summed E-state index contributed by atoms with van der Waals surface area (Å²) in [5.41, 5.74) is 0.889. The molecule has 0 aliphatic heterocycles.